The molecule has 2 aromatic carbocycles. The van der Waals surface area contributed by atoms with Crippen molar-refractivity contribution in [3.63, 3.8) is 0 Å². The van der Waals surface area contributed by atoms with Crippen molar-refractivity contribution in [1.82, 2.24) is 0 Å². The van der Waals surface area contributed by atoms with Gasteiger partial charge in [-0.2, -0.15) is 0 Å². The average Bonchev–Trinajstić information content (AvgIpc) is 2.90. The first-order chi connectivity index (χ1) is 10.9. The van der Waals surface area contributed by atoms with Crippen LogP contribution in [0.15, 0.2) is 30.3 Å². The van der Waals surface area contributed by atoms with Crippen LogP contribution in [0.1, 0.15) is 39.4 Å². The fraction of sp³-hybridized carbons (Fsp3) is 0.188. The number of primary amides is 1. The predicted octanol–water partition coefficient (Wildman–Crippen LogP) is 3.05. The van der Waals surface area contributed by atoms with E-state index < -0.39 is 34.1 Å². The predicted molar refractivity (Wildman–Crippen MR) is 78.1 cm³/mol. The topological polar surface area (TPSA) is 86.2 Å². The lowest BCUT2D eigenvalue weighted by Gasteiger charge is -2.14. The van der Waals surface area contributed by atoms with Crippen LogP contribution >= 0.6 is 0 Å². The zero-order valence-corrected chi connectivity index (χ0v) is 11.9. The van der Waals surface area contributed by atoms with Crippen LogP contribution in [0.2, 0.25) is 0 Å². The molecule has 0 aliphatic heterocycles. The van der Waals surface area contributed by atoms with Crippen molar-refractivity contribution in [3.8, 4) is 0 Å². The van der Waals surface area contributed by atoms with Crippen molar-refractivity contribution in [2.24, 2.45) is 5.73 Å². The van der Waals surface area contributed by atoms with E-state index in [1.54, 1.807) is 0 Å². The molecule has 1 amide bonds. The minimum atomic E-state index is -0.915. The molecule has 0 spiro atoms. The lowest BCUT2D eigenvalue weighted by molar-refractivity contribution is -0.385. The van der Waals surface area contributed by atoms with Crippen molar-refractivity contribution < 1.29 is 18.5 Å². The van der Waals surface area contributed by atoms with Crippen LogP contribution in [0.4, 0.5) is 14.5 Å². The molecule has 118 valence electrons. The summed E-state index contributed by atoms with van der Waals surface area (Å²) in [4.78, 5) is 22.2. The first kappa shape index (κ1) is 15.1. The Balaban J connectivity index is 2.22. The van der Waals surface area contributed by atoms with Gasteiger partial charge < -0.3 is 5.73 Å². The fourth-order valence-corrected chi connectivity index (χ4v) is 3.21. The van der Waals surface area contributed by atoms with Gasteiger partial charge in [0.15, 0.2) is 0 Å². The summed E-state index contributed by atoms with van der Waals surface area (Å²) in [7, 11) is 0. The Bertz CT molecular complexity index is 836. The van der Waals surface area contributed by atoms with E-state index in [1.807, 2.05) is 0 Å². The Morgan fingerprint density at radius 3 is 2.65 bits per heavy atom. The van der Waals surface area contributed by atoms with Gasteiger partial charge in [-0.1, -0.05) is 12.1 Å². The number of hydrogen-bond donors (Lipinski definition) is 1. The summed E-state index contributed by atoms with van der Waals surface area (Å²) in [5, 5.41) is 11.4. The molecule has 2 N–H and O–H groups in total. The summed E-state index contributed by atoms with van der Waals surface area (Å²) < 4.78 is 27.4. The zero-order chi connectivity index (χ0) is 16.7. The molecule has 3 rings (SSSR count). The highest BCUT2D eigenvalue weighted by atomic mass is 19.1. The number of carbonyl (C=O) groups is 1. The van der Waals surface area contributed by atoms with E-state index in [0.29, 0.717) is 24.0 Å². The van der Waals surface area contributed by atoms with Crippen LogP contribution in [-0.2, 0) is 6.42 Å². The summed E-state index contributed by atoms with van der Waals surface area (Å²) >= 11 is 0. The molecule has 1 aliphatic rings. The highest BCUT2D eigenvalue weighted by Crippen LogP contribution is 2.43. The summed E-state index contributed by atoms with van der Waals surface area (Å²) in [5.41, 5.74) is 5.57. The number of nitro benzene ring substituents is 1. The van der Waals surface area contributed by atoms with Crippen molar-refractivity contribution in [3.05, 3.63) is 74.3 Å². The Labute approximate surface area is 129 Å². The molecule has 0 bridgehead atoms. The molecule has 0 radical (unpaired) electrons. The average molecular weight is 318 g/mol. The van der Waals surface area contributed by atoms with Crippen LogP contribution < -0.4 is 5.73 Å². The van der Waals surface area contributed by atoms with Gasteiger partial charge in [0.05, 0.1) is 4.92 Å². The lowest BCUT2D eigenvalue weighted by atomic mass is 9.90. The van der Waals surface area contributed by atoms with Gasteiger partial charge >= 0.3 is 0 Å². The van der Waals surface area contributed by atoms with Gasteiger partial charge in [0.25, 0.3) is 11.6 Å². The molecule has 7 heteroatoms. The summed E-state index contributed by atoms with van der Waals surface area (Å²) in [5.74, 6) is -2.85. The van der Waals surface area contributed by atoms with Gasteiger partial charge in [0.2, 0.25) is 0 Å². The monoisotopic (exact) mass is 318 g/mol. The van der Waals surface area contributed by atoms with E-state index in [-0.39, 0.29) is 11.1 Å². The number of rotatable bonds is 3. The molecular weight excluding hydrogens is 306 g/mol. The van der Waals surface area contributed by atoms with Crippen molar-refractivity contribution >= 4 is 11.6 Å². The number of benzene rings is 2. The maximum absolute atomic E-state index is 13.9. The van der Waals surface area contributed by atoms with Crippen LogP contribution in [0, 0.1) is 21.7 Å². The first-order valence-corrected chi connectivity index (χ1v) is 6.95. The van der Waals surface area contributed by atoms with Gasteiger partial charge in [-0.3, -0.25) is 14.9 Å². The molecule has 0 aromatic heterocycles. The maximum atomic E-state index is 13.9. The number of fused-ring (bicyclic) bond motifs is 1. The largest absolute Gasteiger partial charge is 0.365 e. The number of para-hydroxylation sites is 1. The van der Waals surface area contributed by atoms with Gasteiger partial charge in [0, 0.05) is 17.5 Å². The number of halogens is 2. The van der Waals surface area contributed by atoms with Crippen LogP contribution in [0.3, 0.4) is 0 Å². The van der Waals surface area contributed by atoms with Gasteiger partial charge in [0.1, 0.15) is 17.2 Å². The van der Waals surface area contributed by atoms with Gasteiger partial charge in [-0.15, -0.1) is 0 Å². The lowest BCUT2D eigenvalue weighted by Crippen LogP contribution is -2.15. The van der Waals surface area contributed by atoms with Crippen LogP contribution in [0.25, 0.3) is 0 Å². The van der Waals surface area contributed by atoms with E-state index in [0.717, 1.165) is 6.07 Å². The second-order valence-electron chi connectivity index (χ2n) is 5.41. The minimum Gasteiger partial charge on any atom is -0.365 e. The standard InChI is InChI=1S/C16H12F2N2O3/c17-8-6-13-9(4-5-10(13)14(18)7-8)11-2-1-3-12(16(19)21)15(11)20(22)23/h1-3,6-7,9H,4-5H2,(H2,19,21)/t9-/m0/s1. The zero-order valence-electron chi connectivity index (χ0n) is 11.9. The molecule has 23 heavy (non-hydrogen) atoms. The normalized spacial score (nSPS) is 16.2. The second kappa shape index (κ2) is 5.42. The second-order valence-corrected chi connectivity index (χ2v) is 5.41. The summed E-state index contributed by atoms with van der Waals surface area (Å²) in [6, 6.07) is 6.24. The van der Waals surface area contributed by atoms with E-state index in [1.165, 1.54) is 24.3 Å². The molecule has 0 saturated heterocycles. The SMILES string of the molecule is NC(=O)c1cccc([C@@H]2CCc3c(F)cc(F)cc32)c1[N+](=O)[O-]. The van der Waals surface area contributed by atoms with Crippen LogP contribution in [-0.4, -0.2) is 10.8 Å². The Hall–Kier alpha value is -2.83. The molecule has 5 nitrogen and oxygen atoms in total. The smallest absolute Gasteiger partial charge is 0.285 e. The third kappa shape index (κ3) is 2.44. The summed E-state index contributed by atoms with van der Waals surface area (Å²) in [6.07, 6.45) is 0.753. The third-order valence-electron chi connectivity index (χ3n) is 4.14. The number of hydrogen-bond acceptors (Lipinski definition) is 3. The Morgan fingerprint density at radius 1 is 1.26 bits per heavy atom. The molecule has 0 fully saturated rings. The van der Waals surface area contributed by atoms with Crippen LogP contribution in [0.5, 0.6) is 0 Å². The van der Waals surface area contributed by atoms with Crippen molar-refractivity contribution in [2.75, 3.05) is 0 Å². The molecule has 0 saturated carbocycles. The summed E-state index contributed by atoms with van der Waals surface area (Å²) in [6.45, 7) is 0. The Kier molecular flexibility index (Phi) is 3.55. The van der Waals surface area contributed by atoms with Crippen molar-refractivity contribution in [2.45, 2.75) is 18.8 Å². The number of nitrogens with zero attached hydrogens (tertiary/aromatic N) is 1. The number of amides is 1. The van der Waals surface area contributed by atoms with Gasteiger partial charge in [-0.05, 0) is 36.1 Å². The van der Waals surface area contributed by atoms with Crippen molar-refractivity contribution in [1.29, 1.82) is 0 Å². The number of nitrogens with two attached hydrogens (primary N) is 1. The number of nitro groups is 1. The quantitative estimate of drug-likeness (QED) is 0.697. The Morgan fingerprint density at radius 2 is 2.00 bits per heavy atom. The third-order valence-corrected chi connectivity index (χ3v) is 4.14. The van der Waals surface area contributed by atoms with E-state index in [4.69, 9.17) is 5.73 Å². The van der Waals surface area contributed by atoms with Gasteiger partial charge in [-0.25, -0.2) is 8.78 Å². The molecule has 1 aliphatic carbocycles. The molecule has 0 unspecified atom stereocenters. The number of carbonyl (C=O) groups excluding carboxylic acids is 1. The molecular formula is C16H12F2N2O3. The minimum absolute atomic E-state index is 0.210. The highest BCUT2D eigenvalue weighted by molar-refractivity contribution is 5.97. The van der Waals surface area contributed by atoms with E-state index >= 15 is 0 Å². The first-order valence-electron chi connectivity index (χ1n) is 6.95. The molecule has 2 aromatic rings. The maximum Gasteiger partial charge on any atom is 0.285 e. The molecule has 1 atom stereocenters. The molecule has 0 heterocycles. The van der Waals surface area contributed by atoms with E-state index in [2.05, 4.69) is 0 Å². The van der Waals surface area contributed by atoms with E-state index in [9.17, 15) is 23.7 Å². The fourth-order valence-electron chi connectivity index (χ4n) is 3.21. The highest BCUT2D eigenvalue weighted by Gasteiger charge is 2.34.